The average molecular weight is 182 g/mol. The highest BCUT2D eigenvalue weighted by atomic mass is 19.1. The molecule has 70 valence electrons. The second kappa shape index (κ2) is 2.80. The van der Waals surface area contributed by atoms with Gasteiger partial charge in [0.2, 0.25) is 0 Å². The van der Waals surface area contributed by atoms with Crippen molar-refractivity contribution in [2.45, 2.75) is 13.0 Å². The predicted octanol–water partition coefficient (Wildman–Crippen LogP) is 1.60. The van der Waals surface area contributed by atoms with Crippen LogP contribution < -0.4 is 15.8 Å². The van der Waals surface area contributed by atoms with Crippen LogP contribution in [0.5, 0.6) is 5.75 Å². The number of ether oxygens (including phenoxy) is 1. The van der Waals surface area contributed by atoms with Gasteiger partial charge >= 0.3 is 0 Å². The number of fused-ring (bicyclic) bond motifs is 1. The summed E-state index contributed by atoms with van der Waals surface area (Å²) in [7, 11) is 0. The maximum Gasteiger partial charge on any atom is 0.165 e. The SMILES string of the molecule is CC1COc2c(N)cc(F)cc2N1. The largest absolute Gasteiger partial charge is 0.487 e. The van der Waals surface area contributed by atoms with Crippen LogP contribution in [-0.4, -0.2) is 12.6 Å². The van der Waals surface area contributed by atoms with Crippen molar-refractivity contribution in [3.05, 3.63) is 17.9 Å². The highest BCUT2D eigenvalue weighted by Gasteiger charge is 2.18. The minimum absolute atomic E-state index is 0.189. The lowest BCUT2D eigenvalue weighted by molar-refractivity contribution is 0.293. The van der Waals surface area contributed by atoms with Crippen molar-refractivity contribution >= 4 is 11.4 Å². The minimum Gasteiger partial charge on any atom is -0.487 e. The third-order valence-electron chi connectivity index (χ3n) is 1.96. The smallest absolute Gasteiger partial charge is 0.165 e. The topological polar surface area (TPSA) is 47.3 Å². The van der Waals surface area contributed by atoms with E-state index < -0.39 is 0 Å². The Morgan fingerprint density at radius 2 is 2.38 bits per heavy atom. The maximum absolute atomic E-state index is 12.9. The van der Waals surface area contributed by atoms with Gasteiger partial charge in [-0.1, -0.05) is 0 Å². The molecule has 1 heterocycles. The van der Waals surface area contributed by atoms with E-state index >= 15 is 0 Å². The molecule has 1 atom stereocenters. The number of nitrogen functional groups attached to an aromatic ring is 1. The third kappa shape index (κ3) is 1.39. The summed E-state index contributed by atoms with van der Waals surface area (Å²) in [5.74, 6) is 0.209. The zero-order valence-electron chi connectivity index (χ0n) is 7.30. The van der Waals surface area contributed by atoms with Gasteiger partial charge in [-0.15, -0.1) is 0 Å². The van der Waals surface area contributed by atoms with Crippen LogP contribution in [0.15, 0.2) is 12.1 Å². The first-order chi connectivity index (χ1) is 6.16. The molecule has 0 bridgehead atoms. The van der Waals surface area contributed by atoms with E-state index in [1.165, 1.54) is 12.1 Å². The van der Waals surface area contributed by atoms with E-state index in [1.807, 2.05) is 6.92 Å². The predicted molar refractivity (Wildman–Crippen MR) is 49.4 cm³/mol. The van der Waals surface area contributed by atoms with Crippen LogP contribution in [0, 0.1) is 5.82 Å². The van der Waals surface area contributed by atoms with E-state index in [-0.39, 0.29) is 11.9 Å². The van der Waals surface area contributed by atoms with Gasteiger partial charge < -0.3 is 15.8 Å². The van der Waals surface area contributed by atoms with Gasteiger partial charge in [0.25, 0.3) is 0 Å². The van der Waals surface area contributed by atoms with Gasteiger partial charge in [-0.05, 0) is 6.92 Å². The highest BCUT2D eigenvalue weighted by molar-refractivity contribution is 5.70. The Balaban J connectivity index is 2.47. The Morgan fingerprint density at radius 1 is 1.62 bits per heavy atom. The molecule has 3 nitrogen and oxygen atoms in total. The second-order valence-electron chi connectivity index (χ2n) is 3.23. The lowest BCUT2D eigenvalue weighted by atomic mass is 10.2. The van der Waals surface area contributed by atoms with Gasteiger partial charge in [0.1, 0.15) is 12.4 Å². The molecule has 0 aliphatic carbocycles. The Kier molecular flexibility index (Phi) is 1.76. The van der Waals surface area contributed by atoms with Crippen molar-refractivity contribution in [1.82, 2.24) is 0 Å². The Labute approximate surface area is 75.7 Å². The number of rotatable bonds is 0. The molecular formula is C9H11FN2O. The van der Waals surface area contributed by atoms with Gasteiger partial charge in [0.15, 0.2) is 5.75 Å². The van der Waals surface area contributed by atoms with E-state index in [0.717, 1.165) is 0 Å². The molecule has 1 aliphatic heterocycles. The molecule has 0 aromatic heterocycles. The summed E-state index contributed by atoms with van der Waals surface area (Å²) in [6.07, 6.45) is 0. The zero-order valence-corrected chi connectivity index (χ0v) is 7.30. The summed E-state index contributed by atoms with van der Waals surface area (Å²) in [4.78, 5) is 0. The van der Waals surface area contributed by atoms with Crippen molar-refractivity contribution in [1.29, 1.82) is 0 Å². The lowest BCUT2D eigenvalue weighted by Gasteiger charge is -2.25. The number of nitrogens with two attached hydrogens (primary N) is 1. The molecule has 3 N–H and O–H groups in total. The number of hydrogen-bond donors (Lipinski definition) is 2. The summed E-state index contributed by atoms with van der Waals surface area (Å²) in [5.41, 5.74) is 6.56. The summed E-state index contributed by atoms with van der Waals surface area (Å²) >= 11 is 0. The molecule has 2 rings (SSSR count). The summed E-state index contributed by atoms with van der Waals surface area (Å²) in [6.45, 7) is 2.52. The van der Waals surface area contributed by atoms with E-state index in [2.05, 4.69) is 5.32 Å². The van der Waals surface area contributed by atoms with Crippen LogP contribution in [0.2, 0.25) is 0 Å². The molecule has 0 radical (unpaired) electrons. The van der Waals surface area contributed by atoms with Gasteiger partial charge in [0.05, 0.1) is 17.4 Å². The summed E-state index contributed by atoms with van der Waals surface area (Å²) in [5, 5.41) is 3.10. The monoisotopic (exact) mass is 182 g/mol. The van der Waals surface area contributed by atoms with Gasteiger partial charge in [-0.25, -0.2) is 4.39 Å². The van der Waals surface area contributed by atoms with Crippen molar-refractivity contribution in [3.63, 3.8) is 0 Å². The number of hydrogen-bond acceptors (Lipinski definition) is 3. The Morgan fingerprint density at radius 3 is 3.15 bits per heavy atom. The number of nitrogens with one attached hydrogen (secondary N) is 1. The Bertz CT molecular complexity index is 341. The van der Waals surface area contributed by atoms with Crippen molar-refractivity contribution in [2.24, 2.45) is 0 Å². The Hall–Kier alpha value is -1.45. The van der Waals surface area contributed by atoms with E-state index in [9.17, 15) is 4.39 Å². The first kappa shape index (κ1) is 8.16. The first-order valence-electron chi connectivity index (χ1n) is 4.15. The van der Waals surface area contributed by atoms with Crippen molar-refractivity contribution in [2.75, 3.05) is 17.7 Å². The molecule has 1 unspecified atom stereocenters. The molecule has 0 amide bonds. The summed E-state index contributed by atoms with van der Waals surface area (Å²) < 4.78 is 18.3. The molecule has 13 heavy (non-hydrogen) atoms. The van der Waals surface area contributed by atoms with Crippen molar-refractivity contribution in [3.8, 4) is 5.75 Å². The molecule has 0 spiro atoms. The van der Waals surface area contributed by atoms with Crippen LogP contribution in [0.3, 0.4) is 0 Å². The number of halogens is 1. The summed E-state index contributed by atoms with van der Waals surface area (Å²) in [6, 6.07) is 2.84. The first-order valence-corrected chi connectivity index (χ1v) is 4.15. The molecule has 1 aliphatic rings. The molecule has 0 saturated heterocycles. The maximum atomic E-state index is 12.9. The van der Waals surface area contributed by atoms with E-state index in [0.29, 0.717) is 23.7 Å². The molecule has 4 heteroatoms. The zero-order chi connectivity index (χ0) is 9.42. The standard InChI is InChI=1S/C9H11FN2O/c1-5-4-13-9-7(11)2-6(10)3-8(9)12-5/h2-3,5,12H,4,11H2,1H3. The minimum atomic E-state index is -0.346. The molecule has 1 aromatic rings. The van der Waals surface area contributed by atoms with Gasteiger partial charge in [-0.2, -0.15) is 0 Å². The van der Waals surface area contributed by atoms with Crippen LogP contribution >= 0.6 is 0 Å². The fourth-order valence-electron chi connectivity index (χ4n) is 1.40. The highest BCUT2D eigenvalue weighted by Crippen LogP contribution is 2.35. The number of benzene rings is 1. The quantitative estimate of drug-likeness (QED) is 0.599. The van der Waals surface area contributed by atoms with Gasteiger partial charge in [0, 0.05) is 12.1 Å². The molecule has 0 saturated carbocycles. The van der Waals surface area contributed by atoms with E-state index in [4.69, 9.17) is 10.5 Å². The van der Waals surface area contributed by atoms with Crippen LogP contribution in [0.4, 0.5) is 15.8 Å². The second-order valence-corrected chi connectivity index (χ2v) is 3.23. The van der Waals surface area contributed by atoms with Crippen LogP contribution in [-0.2, 0) is 0 Å². The fraction of sp³-hybridized carbons (Fsp3) is 0.333. The fourth-order valence-corrected chi connectivity index (χ4v) is 1.40. The normalized spacial score (nSPS) is 20.0. The van der Waals surface area contributed by atoms with Gasteiger partial charge in [-0.3, -0.25) is 0 Å². The third-order valence-corrected chi connectivity index (χ3v) is 1.96. The molecule has 1 aromatic carbocycles. The number of anilines is 2. The molecular weight excluding hydrogens is 171 g/mol. The lowest BCUT2D eigenvalue weighted by Crippen LogP contribution is -2.28. The van der Waals surface area contributed by atoms with Crippen LogP contribution in [0.1, 0.15) is 6.92 Å². The average Bonchev–Trinajstić information content (AvgIpc) is 2.02. The molecule has 0 fully saturated rings. The van der Waals surface area contributed by atoms with Crippen molar-refractivity contribution < 1.29 is 9.13 Å². The van der Waals surface area contributed by atoms with Crippen LogP contribution in [0.25, 0.3) is 0 Å². The van der Waals surface area contributed by atoms with E-state index in [1.54, 1.807) is 0 Å².